The first-order valence-corrected chi connectivity index (χ1v) is 9.73. The number of aromatic nitrogens is 4. The van der Waals surface area contributed by atoms with E-state index in [-0.39, 0.29) is 0 Å². The topological polar surface area (TPSA) is 84.2 Å². The van der Waals surface area contributed by atoms with Gasteiger partial charge in [0.15, 0.2) is 0 Å². The van der Waals surface area contributed by atoms with Gasteiger partial charge in [0.05, 0.1) is 23.9 Å². The Hall–Kier alpha value is -1.84. The zero-order valence-electron chi connectivity index (χ0n) is 14.8. The first-order chi connectivity index (χ1) is 11.9. The summed E-state index contributed by atoms with van der Waals surface area (Å²) in [4.78, 5) is 13.2. The Morgan fingerprint density at radius 3 is 2.48 bits per heavy atom. The van der Waals surface area contributed by atoms with Gasteiger partial charge in [-0.3, -0.25) is 9.97 Å². The van der Waals surface area contributed by atoms with Crippen molar-refractivity contribution in [2.24, 2.45) is 13.0 Å². The van der Waals surface area contributed by atoms with Crippen LogP contribution < -0.4 is 0 Å². The molecule has 0 amide bonds. The van der Waals surface area contributed by atoms with Gasteiger partial charge in [0.2, 0.25) is 0 Å². The lowest BCUT2D eigenvalue weighted by Gasteiger charge is -2.32. The normalized spacial score (nSPS) is 17.3. The van der Waals surface area contributed by atoms with Crippen LogP contribution in [0.25, 0.3) is 11.4 Å². The number of piperidine rings is 1. The first kappa shape index (κ1) is 18.0. The van der Waals surface area contributed by atoms with Gasteiger partial charge in [-0.15, -0.1) is 0 Å². The zero-order chi connectivity index (χ0) is 18.0. The Morgan fingerprint density at radius 1 is 1.20 bits per heavy atom. The Morgan fingerprint density at radius 2 is 1.88 bits per heavy atom. The van der Waals surface area contributed by atoms with Gasteiger partial charge in [0.1, 0.15) is 5.69 Å². The molecule has 0 radical (unpaired) electrons. The highest BCUT2D eigenvalue weighted by molar-refractivity contribution is 7.86. The highest BCUT2D eigenvalue weighted by atomic mass is 32.2. The molecular weight excluding hydrogens is 340 g/mol. The Kier molecular flexibility index (Phi) is 5.16. The zero-order valence-corrected chi connectivity index (χ0v) is 15.6. The summed E-state index contributed by atoms with van der Waals surface area (Å²) in [7, 11) is 1.76. The number of nitrogens with zero attached hydrogens (tertiary/aromatic N) is 6. The van der Waals surface area contributed by atoms with Crippen LogP contribution in [0.4, 0.5) is 0 Å². The molecule has 1 aliphatic rings. The van der Waals surface area contributed by atoms with E-state index in [9.17, 15) is 8.42 Å². The van der Waals surface area contributed by atoms with Gasteiger partial charge in [-0.05, 0) is 25.2 Å². The van der Waals surface area contributed by atoms with Crippen LogP contribution >= 0.6 is 0 Å². The van der Waals surface area contributed by atoms with E-state index >= 15 is 0 Å². The van der Waals surface area contributed by atoms with Crippen molar-refractivity contribution in [2.45, 2.75) is 19.3 Å². The highest BCUT2D eigenvalue weighted by Crippen LogP contribution is 2.27. The number of imidazole rings is 1. The second-order valence-electron chi connectivity index (χ2n) is 6.58. The van der Waals surface area contributed by atoms with Gasteiger partial charge in [0.25, 0.3) is 10.2 Å². The molecule has 25 heavy (non-hydrogen) atoms. The summed E-state index contributed by atoms with van der Waals surface area (Å²) >= 11 is 0. The average molecular weight is 364 g/mol. The van der Waals surface area contributed by atoms with Gasteiger partial charge in [-0.1, -0.05) is 0 Å². The molecule has 8 nitrogen and oxygen atoms in total. The molecule has 2 aromatic heterocycles. The lowest BCUT2D eigenvalue weighted by molar-refractivity contribution is 0.261. The van der Waals surface area contributed by atoms with Gasteiger partial charge in [0, 0.05) is 46.6 Å². The van der Waals surface area contributed by atoms with Gasteiger partial charge < -0.3 is 4.57 Å². The van der Waals surface area contributed by atoms with Crippen molar-refractivity contribution in [3.63, 3.8) is 0 Å². The molecule has 2 aromatic rings. The van der Waals surface area contributed by atoms with Crippen LogP contribution in [0.3, 0.4) is 0 Å². The molecule has 0 unspecified atom stereocenters. The van der Waals surface area contributed by atoms with E-state index in [4.69, 9.17) is 0 Å². The molecule has 0 N–H and O–H groups in total. The fourth-order valence-corrected chi connectivity index (χ4v) is 4.30. The maximum Gasteiger partial charge on any atom is 0.281 e. The SMILES string of the molecule is CN(C)S(=O)(=O)N1CCC(Cc2nccnc2-c2cncn2C)CC1. The van der Waals surface area contributed by atoms with Gasteiger partial charge in [-0.25, -0.2) is 4.98 Å². The predicted octanol–water partition coefficient (Wildman–Crippen LogP) is 0.938. The molecule has 0 aromatic carbocycles. The standard InChI is InChI=1S/C16H24N6O2S/c1-20(2)25(23,24)22-8-4-13(5-9-22)10-14-16(19-7-6-18-14)15-11-17-12-21(15)3/h6-7,11-13H,4-5,8-10H2,1-3H3. The predicted molar refractivity (Wildman–Crippen MR) is 94.8 cm³/mol. The Labute approximate surface area is 148 Å². The fraction of sp³-hybridized carbons (Fsp3) is 0.562. The highest BCUT2D eigenvalue weighted by Gasteiger charge is 2.30. The molecular formula is C16H24N6O2S. The summed E-state index contributed by atoms with van der Waals surface area (Å²) in [5, 5.41) is 0. The quantitative estimate of drug-likeness (QED) is 0.788. The lowest BCUT2D eigenvalue weighted by atomic mass is 9.92. The molecule has 136 valence electrons. The molecule has 3 heterocycles. The van der Waals surface area contributed by atoms with Crippen LogP contribution in [-0.2, 0) is 23.7 Å². The van der Waals surface area contributed by atoms with Crippen molar-refractivity contribution in [3.8, 4) is 11.4 Å². The van der Waals surface area contributed by atoms with Crippen LogP contribution in [-0.4, -0.2) is 63.7 Å². The fourth-order valence-electron chi connectivity index (χ4n) is 3.16. The molecule has 1 aliphatic heterocycles. The third-order valence-corrected chi connectivity index (χ3v) is 6.62. The monoisotopic (exact) mass is 364 g/mol. The Balaban J connectivity index is 1.71. The van der Waals surface area contributed by atoms with Crippen LogP contribution in [0, 0.1) is 5.92 Å². The van der Waals surface area contributed by atoms with Crippen molar-refractivity contribution in [2.75, 3.05) is 27.2 Å². The van der Waals surface area contributed by atoms with E-state index in [2.05, 4.69) is 15.0 Å². The second kappa shape index (κ2) is 7.19. The summed E-state index contributed by atoms with van der Waals surface area (Å²) in [6.07, 6.45) is 9.39. The summed E-state index contributed by atoms with van der Waals surface area (Å²) in [5.74, 6) is 0.400. The van der Waals surface area contributed by atoms with Crippen LogP contribution in [0.15, 0.2) is 24.9 Å². The molecule has 1 saturated heterocycles. The Bertz CT molecular complexity index is 825. The van der Waals surface area contributed by atoms with Crippen molar-refractivity contribution >= 4 is 10.2 Å². The number of hydrogen-bond donors (Lipinski definition) is 0. The maximum atomic E-state index is 12.2. The molecule has 0 atom stereocenters. The first-order valence-electron chi connectivity index (χ1n) is 8.33. The van der Waals surface area contributed by atoms with Crippen LogP contribution in [0.5, 0.6) is 0 Å². The van der Waals surface area contributed by atoms with Crippen molar-refractivity contribution in [3.05, 3.63) is 30.6 Å². The maximum absolute atomic E-state index is 12.2. The van der Waals surface area contributed by atoms with Crippen LogP contribution in [0.1, 0.15) is 18.5 Å². The van der Waals surface area contributed by atoms with Crippen molar-refractivity contribution in [1.82, 2.24) is 28.1 Å². The van der Waals surface area contributed by atoms with Gasteiger partial charge >= 0.3 is 0 Å². The second-order valence-corrected chi connectivity index (χ2v) is 8.72. The molecule has 3 rings (SSSR count). The molecule has 0 spiro atoms. The van der Waals surface area contributed by atoms with E-state index in [0.29, 0.717) is 19.0 Å². The largest absolute Gasteiger partial charge is 0.332 e. The summed E-state index contributed by atoms with van der Waals surface area (Å²) in [6.45, 7) is 1.10. The summed E-state index contributed by atoms with van der Waals surface area (Å²) in [5.41, 5.74) is 2.74. The number of aryl methyl sites for hydroxylation is 1. The van der Waals surface area contributed by atoms with E-state index in [1.807, 2.05) is 11.6 Å². The molecule has 0 bridgehead atoms. The summed E-state index contributed by atoms with van der Waals surface area (Å²) in [6, 6.07) is 0. The third kappa shape index (κ3) is 3.73. The number of hydrogen-bond acceptors (Lipinski definition) is 5. The third-order valence-electron chi connectivity index (χ3n) is 4.68. The minimum atomic E-state index is -3.32. The van der Waals surface area contributed by atoms with Crippen LogP contribution in [0.2, 0.25) is 0 Å². The van der Waals surface area contributed by atoms with Crippen molar-refractivity contribution in [1.29, 1.82) is 0 Å². The van der Waals surface area contributed by atoms with Gasteiger partial charge in [-0.2, -0.15) is 17.0 Å². The molecule has 0 saturated carbocycles. The smallest absolute Gasteiger partial charge is 0.281 e. The van der Waals surface area contributed by atoms with E-state index < -0.39 is 10.2 Å². The lowest BCUT2D eigenvalue weighted by Crippen LogP contribution is -2.44. The van der Waals surface area contributed by atoms with E-state index in [0.717, 1.165) is 36.3 Å². The average Bonchev–Trinajstić information content (AvgIpc) is 3.01. The molecule has 0 aliphatic carbocycles. The van der Waals surface area contributed by atoms with E-state index in [1.165, 1.54) is 4.31 Å². The van der Waals surface area contributed by atoms with E-state index in [1.54, 1.807) is 43.3 Å². The number of rotatable bonds is 5. The van der Waals surface area contributed by atoms with Crippen molar-refractivity contribution < 1.29 is 8.42 Å². The molecule has 9 heteroatoms. The minimum Gasteiger partial charge on any atom is -0.332 e. The molecule has 1 fully saturated rings. The minimum absolute atomic E-state index is 0.400. The summed E-state index contributed by atoms with van der Waals surface area (Å²) < 4.78 is 29.2.